The molecule has 0 N–H and O–H groups in total. The Balaban J connectivity index is 2.86. The second kappa shape index (κ2) is 11.6. The summed E-state index contributed by atoms with van der Waals surface area (Å²) in [4.78, 5) is 0. The highest BCUT2D eigenvalue weighted by atomic mass is 35.5. The fourth-order valence-corrected chi connectivity index (χ4v) is 0.709. The van der Waals surface area contributed by atoms with E-state index in [-0.39, 0.29) is 0 Å². The van der Waals surface area contributed by atoms with Crippen molar-refractivity contribution >= 4 is 11.6 Å². The van der Waals surface area contributed by atoms with Crippen LogP contribution in [0.15, 0.2) is 0 Å². The van der Waals surface area contributed by atoms with Gasteiger partial charge in [-0.2, -0.15) is 0 Å². The van der Waals surface area contributed by atoms with Gasteiger partial charge in [0.2, 0.25) is 0 Å². The highest BCUT2D eigenvalue weighted by Gasteiger charge is 1.88. The average molecular weight is 207 g/mol. The summed E-state index contributed by atoms with van der Waals surface area (Å²) < 4.78 is 15.1. The average Bonchev–Trinajstić information content (AvgIpc) is 2.16. The van der Waals surface area contributed by atoms with Crippen molar-refractivity contribution in [1.82, 2.24) is 0 Å². The van der Waals surface area contributed by atoms with E-state index < -0.39 is 0 Å². The van der Waals surface area contributed by atoms with Crippen molar-refractivity contribution in [2.45, 2.75) is 6.92 Å². The molecule has 4 heteroatoms. The van der Waals surface area contributed by atoms with Gasteiger partial charge in [0.05, 0.1) is 26.4 Å². The lowest BCUT2D eigenvalue weighted by Crippen LogP contribution is -2.09. The zero-order valence-electron chi connectivity index (χ0n) is 7.85. The molecule has 0 aliphatic heterocycles. The highest BCUT2D eigenvalue weighted by Crippen LogP contribution is 1.81. The third-order valence-electron chi connectivity index (χ3n) is 1.10. The molecule has 0 amide bonds. The molecule has 0 unspecified atom stereocenters. The predicted octanol–water partition coefficient (Wildman–Crippen LogP) is 1.26. The largest absolute Gasteiger partial charge is 0.444 e. The Morgan fingerprint density at radius 2 is 1.62 bits per heavy atom. The first kappa shape index (κ1) is 12.6. The van der Waals surface area contributed by atoms with Crippen LogP contribution in [0, 0.1) is 12.0 Å². The zero-order chi connectivity index (χ0) is 9.78. The summed E-state index contributed by atoms with van der Waals surface area (Å²) >= 11 is 5.40. The van der Waals surface area contributed by atoms with Crippen LogP contribution in [0.2, 0.25) is 0 Å². The molecule has 0 aliphatic rings. The third kappa shape index (κ3) is 11.6. The summed E-state index contributed by atoms with van der Waals surface area (Å²) in [5.74, 6) is 3.14. The minimum Gasteiger partial charge on any atom is -0.444 e. The van der Waals surface area contributed by atoms with Crippen LogP contribution >= 0.6 is 11.6 Å². The Bertz CT molecular complexity index is 151. The minimum absolute atomic E-state index is 0.496. The summed E-state index contributed by atoms with van der Waals surface area (Å²) in [6, 6.07) is 0. The van der Waals surface area contributed by atoms with Gasteiger partial charge in [-0.3, -0.25) is 0 Å². The molecular weight excluding hydrogens is 192 g/mol. The van der Waals surface area contributed by atoms with Crippen LogP contribution in [0.5, 0.6) is 0 Å². The molecule has 0 heterocycles. The summed E-state index contributed by atoms with van der Waals surface area (Å²) in [5.41, 5.74) is 0. The first-order valence-electron chi connectivity index (χ1n) is 4.16. The summed E-state index contributed by atoms with van der Waals surface area (Å²) in [7, 11) is 0. The fourth-order valence-electron chi connectivity index (χ4n) is 0.600. The third-order valence-corrected chi connectivity index (χ3v) is 1.25. The standard InChI is InChI=1S/C9H15ClO3/c1-2-4-11-6-8-13-9-7-12-5-3-10/h3,5-9H2,1H3. The summed E-state index contributed by atoms with van der Waals surface area (Å²) in [6.07, 6.45) is 2.48. The van der Waals surface area contributed by atoms with E-state index in [1.54, 1.807) is 6.92 Å². The van der Waals surface area contributed by atoms with Crippen molar-refractivity contribution in [3.8, 4) is 12.0 Å². The van der Waals surface area contributed by atoms with Gasteiger partial charge in [-0.15, -0.1) is 11.6 Å². The Morgan fingerprint density at radius 1 is 1.00 bits per heavy atom. The maximum atomic E-state index is 5.40. The molecule has 0 aromatic heterocycles. The van der Waals surface area contributed by atoms with E-state index in [1.807, 2.05) is 0 Å². The van der Waals surface area contributed by atoms with Gasteiger partial charge in [0.15, 0.2) is 0 Å². The van der Waals surface area contributed by atoms with Crippen LogP contribution in [-0.2, 0) is 14.2 Å². The topological polar surface area (TPSA) is 27.7 Å². The van der Waals surface area contributed by atoms with E-state index in [1.165, 1.54) is 0 Å². The van der Waals surface area contributed by atoms with Gasteiger partial charge in [-0.1, -0.05) is 5.92 Å². The van der Waals surface area contributed by atoms with E-state index in [4.69, 9.17) is 25.8 Å². The van der Waals surface area contributed by atoms with Crippen LogP contribution < -0.4 is 0 Å². The SMILES string of the molecule is CC#COCCOCCOCCCl. The summed E-state index contributed by atoms with van der Waals surface area (Å²) in [6.45, 7) is 4.48. The normalized spacial score (nSPS) is 9.08. The Hall–Kier alpha value is -0.430. The van der Waals surface area contributed by atoms with Gasteiger partial charge < -0.3 is 14.2 Å². The van der Waals surface area contributed by atoms with Crippen LogP contribution in [0.25, 0.3) is 0 Å². The maximum absolute atomic E-state index is 5.40. The van der Waals surface area contributed by atoms with Crippen molar-refractivity contribution < 1.29 is 14.2 Å². The van der Waals surface area contributed by atoms with Crippen LogP contribution in [0.3, 0.4) is 0 Å². The Morgan fingerprint density at radius 3 is 2.23 bits per heavy atom. The summed E-state index contributed by atoms with van der Waals surface area (Å²) in [5, 5.41) is 0. The van der Waals surface area contributed by atoms with Crippen molar-refractivity contribution in [2.75, 3.05) is 38.9 Å². The number of ether oxygens (including phenoxy) is 3. The molecule has 76 valence electrons. The lowest BCUT2D eigenvalue weighted by atomic mass is 10.7. The number of halogens is 1. The highest BCUT2D eigenvalue weighted by molar-refractivity contribution is 6.17. The van der Waals surface area contributed by atoms with Crippen molar-refractivity contribution in [1.29, 1.82) is 0 Å². The number of alkyl halides is 1. The number of hydrogen-bond acceptors (Lipinski definition) is 3. The molecule has 0 saturated carbocycles. The van der Waals surface area contributed by atoms with Gasteiger partial charge in [0.1, 0.15) is 12.7 Å². The molecule has 0 atom stereocenters. The van der Waals surface area contributed by atoms with Crippen LogP contribution in [-0.4, -0.2) is 38.9 Å². The quantitative estimate of drug-likeness (QED) is 0.340. The molecular formula is C9H15ClO3. The lowest BCUT2D eigenvalue weighted by molar-refractivity contribution is 0.0372. The van der Waals surface area contributed by atoms with E-state index in [0.717, 1.165) is 0 Å². The zero-order valence-corrected chi connectivity index (χ0v) is 8.60. The van der Waals surface area contributed by atoms with Gasteiger partial charge in [0, 0.05) is 12.8 Å². The molecule has 0 aromatic carbocycles. The first-order valence-corrected chi connectivity index (χ1v) is 4.70. The minimum atomic E-state index is 0.496. The molecule has 3 nitrogen and oxygen atoms in total. The van der Waals surface area contributed by atoms with E-state index in [2.05, 4.69) is 12.0 Å². The molecule has 0 radical (unpaired) electrons. The van der Waals surface area contributed by atoms with Gasteiger partial charge >= 0.3 is 0 Å². The smallest absolute Gasteiger partial charge is 0.123 e. The van der Waals surface area contributed by atoms with Gasteiger partial charge in [-0.25, -0.2) is 0 Å². The lowest BCUT2D eigenvalue weighted by Gasteiger charge is -2.03. The predicted molar refractivity (Wildman–Crippen MR) is 51.8 cm³/mol. The van der Waals surface area contributed by atoms with Gasteiger partial charge in [-0.05, 0) is 0 Å². The monoisotopic (exact) mass is 206 g/mol. The molecule has 13 heavy (non-hydrogen) atoms. The maximum Gasteiger partial charge on any atom is 0.123 e. The Kier molecular flexibility index (Phi) is 11.2. The van der Waals surface area contributed by atoms with Crippen LogP contribution in [0.1, 0.15) is 6.92 Å². The van der Waals surface area contributed by atoms with Crippen molar-refractivity contribution in [2.24, 2.45) is 0 Å². The molecule has 0 saturated heterocycles. The molecule has 0 spiro atoms. The molecule has 0 bridgehead atoms. The second-order valence-electron chi connectivity index (χ2n) is 2.11. The van der Waals surface area contributed by atoms with Crippen LogP contribution in [0.4, 0.5) is 0 Å². The van der Waals surface area contributed by atoms with E-state index in [9.17, 15) is 0 Å². The number of hydrogen-bond donors (Lipinski definition) is 0. The van der Waals surface area contributed by atoms with Gasteiger partial charge in [0.25, 0.3) is 0 Å². The van der Waals surface area contributed by atoms with E-state index >= 15 is 0 Å². The molecule has 0 aromatic rings. The first-order chi connectivity index (χ1) is 6.41. The van der Waals surface area contributed by atoms with E-state index in [0.29, 0.717) is 38.9 Å². The Labute approximate surface area is 84.3 Å². The molecule has 0 rings (SSSR count). The number of rotatable bonds is 8. The van der Waals surface area contributed by atoms with Crippen molar-refractivity contribution in [3.63, 3.8) is 0 Å². The second-order valence-corrected chi connectivity index (χ2v) is 2.49. The van der Waals surface area contributed by atoms with Crippen molar-refractivity contribution in [3.05, 3.63) is 0 Å². The fraction of sp³-hybridized carbons (Fsp3) is 0.778. The molecule has 0 fully saturated rings. The molecule has 0 aliphatic carbocycles.